The van der Waals surface area contributed by atoms with Crippen molar-refractivity contribution in [2.45, 2.75) is 25.7 Å². The first-order chi connectivity index (χ1) is 10.2. The molecule has 0 radical (unpaired) electrons. The molecular formula is C19H23NO. The maximum Gasteiger partial charge on any atom is 0.115 e. The van der Waals surface area contributed by atoms with Gasteiger partial charge in [-0.3, -0.25) is 0 Å². The molecule has 1 heterocycles. The zero-order valence-corrected chi connectivity index (χ0v) is 12.7. The molecule has 0 aromatic heterocycles. The molecule has 2 nitrogen and oxygen atoms in total. The van der Waals surface area contributed by atoms with Gasteiger partial charge in [-0.2, -0.15) is 0 Å². The van der Waals surface area contributed by atoms with Gasteiger partial charge in [0.15, 0.2) is 0 Å². The molecule has 3 rings (SSSR count). The van der Waals surface area contributed by atoms with Crippen LogP contribution in [0.25, 0.3) is 0 Å². The number of likely N-dealkylation sites (N-methyl/N-ethyl adjacent to an activating group) is 1. The molecule has 1 N–H and O–H groups in total. The summed E-state index contributed by atoms with van der Waals surface area (Å²) in [7, 11) is 2.20. The largest absolute Gasteiger partial charge is 0.508 e. The predicted octanol–water partition coefficient (Wildman–Crippen LogP) is 3.40. The van der Waals surface area contributed by atoms with Crippen molar-refractivity contribution in [1.82, 2.24) is 4.90 Å². The summed E-state index contributed by atoms with van der Waals surface area (Å²) in [5.74, 6) is 0.370. The molecule has 0 saturated heterocycles. The molecule has 1 aliphatic heterocycles. The van der Waals surface area contributed by atoms with Crippen molar-refractivity contribution >= 4 is 0 Å². The Hall–Kier alpha value is -1.80. The summed E-state index contributed by atoms with van der Waals surface area (Å²) in [6, 6.07) is 14.5. The van der Waals surface area contributed by atoms with E-state index in [1.54, 1.807) is 0 Å². The van der Waals surface area contributed by atoms with Crippen LogP contribution in [0.3, 0.4) is 0 Å². The highest BCUT2D eigenvalue weighted by molar-refractivity contribution is 5.40. The maximum absolute atomic E-state index is 9.82. The average molecular weight is 281 g/mol. The second kappa shape index (κ2) is 6.31. The van der Waals surface area contributed by atoms with Crippen molar-refractivity contribution in [3.8, 4) is 5.75 Å². The maximum atomic E-state index is 9.82. The van der Waals surface area contributed by atoms with Crippen LogP contribution >= 0.6 is 0 Å². The van der Waals surface area contributed by atoms with Gasteiger partial charge in [-0.05, 0) is 73.7 Å². The monoisotopic (exact) mass is 281 g/mol. The molecule has 0 fully saturated rings. The van der Waals surface area contributed by atoms with Gasteiger partial charge >= 0.3 is 0 Å². The number of nitrogens with zero attached hydrogens (tertiary/aromatic N) is 1. The van der Waals surface area contributed by atoms with E-state index < -0.39 is 0 Å². The fourth-order valence-corrected chi connectivity index (χ4v) is 3.16. The standard InChI is InChI=1S/C19H23NO/c1-20-11-4-7-15-5-2-3-6-17(15)13-18-14-19(21)9-8-16(18)10-12-20/h2-3,5-6,8-9,14,21H,4,7,10-13H2,1H3. The van der Waals surface area contributed by atoms with Crippen molar-refractivity contribution in [2.24, 2.45) is 0 Å². The van der Waals surface area contributed by atoms with Crippen molar-refractivity contribution in [1.29, 1.82) is 0 Å². The van der Waals surface area contributed by atoms with Gasteiger partial charge in [0.2, 0.25) is 0 Å². The third-order valence-corrected chi connectivity index (χ3v) is 4.44. The Labute approximate surface area is 127 Å². The first kappa shape index (κ1) is 14.2. The molecule has 0 bridgehead atoms. The molecule has 0 aliphatic carbocycles. The van der Waals surface area contributed by atoms with E-state index in [1.807, 2.05) is 12.1 Å². The first-order valence-corrected chi connectivity index (χ1v) is 7.78. The molecule has 2 heteroatoms. The zero-order chi connectivity index (χ0) is 14.7. The van der Waals surface area contributed by atoms with Gasteiger partial charge < -0.3 is 10.0 Å². The predicted molar refractivity (Wildman–Crippen MR) is 86.9 cm³/mol. The molecule has 1 aliphatic rings. The van der Waals surface area contributed by atoms with Gasteiger partial charge in [0, 0.05) is 6.54 Å². The molecular weight excluding hydrogens is 258 g/mol. The van der Waals surface area contributed by atoms with Gasteiger partial charge in [0.1, 0.15) is 5.75 Å². The van der Waals surface area contributed by atoms with Crippen molar-refractivity contribution < 1.29 is 5.11 Å². The van der Waals surface area contributed by atoms with Crippen molar-refractivity contribution in [3.63, 3.8) is 0 Å². The topological polar surface area (TPSA) is 23.5 Å². The molecule has 110 valence electrons. The number of phenols is 1. The van der Waals surface area contributed by atoms with Crippen LogP contribution in [0.15, 0.2) is 42.5 Å². The average Bonchev–Trinajstić information content (AvgIpc) is 2.50. The lowest BCUT2D eigenvalue weighted by atomic mass is 9.93. The summed E-state index contributed by atoms with van der Waals surface area (Å²) >= 11 is 0. The minimum Gasteiger partial charge on any atom is -0.508 e. The summed E-state index contributed by atoms with van der Waals surface area (Å²) in [6.07, 6.45) is 4.31. The molecule has 0 saturated carbocycles. The summed E-state index contributed by atoms with van der Waals surface area (Å²) in [5.41, 5.74) is 5.46. The van der Waals surface area contributed by atoms with Gasteiger partial charge in [0.05, 0.1) is 0 Å². The van der Waals surface area contributed by atoms with E-state index in [0.29, 0.717) is 5.75 Å². The number of aromatic hydroxyl groups is 1. The Bertz CT molecular complexity index is 621. The summed E-state index contributed by atoms with van der Waals surface area (Å²) in [6.45, 7) is 2.22. The highest BCUT2D eigenvalue weighted by Crippen LogP contribution is 2.23. The minimum absolute atomic E-state index is 0.370. The van der Waals surface area contributed by atoms with Crippen molar-refractivity contribution in [3.05, 3.63) is 64.7 Å². The van der Waals surface area contributed by atoms with E-state index in [1.165, 1.54) is 28.7 Å². The summed E-state index contributed by atoms with van der Waals surface area (Å²) in [4.78, 5) is 2.41. The number of aryl methyl sites for hydroxylation is 1. The second-order valence-corrected chi connectivity index (χ2v) is 6.06. The molecule has 21 heavy (non-hydrogen) atoms. The van der Waals surface area contributed by atoms with Crippen LogP contribution in [-0.2, 0) is 19.3 Å². The smallest absolute Gasteiger partial charge is 0.115 e. The minimum atomic E-state index is 0.370. The SMILES string of the molecule is CN1CCCc2ccccc2Cc2cc(O)ccc2CC1. The molecule has 0 amide bonds. The van der Waals surface area contributed by atoms with Gasteiger partial charge in [-0.15, -0.1) is 0 Å². The summed E-state index contributed by atoms with van der Waals surface area (Å²) in [5, 5.41) is 9.82. The fourth-order valence-electron chi connectivity index (χ4n) is 3.16. The third kappa shape index (κ3) is 3.45. The summed E-state index contributed by atoms with van der Waals surface area (Å²) < 4.78 is 0. The van der Waals surface area contributed by atoms with E-state index in [9.17, 15) is 5.11 Å². The Morgan fingerprint density at radius 2 is 1.62 bits per heavy atom. The Morgan fingerprint density at radius 1 is 0.857 bits per heavy atom. The van der Waals surface area contributed by atoms with Gasteiger partial charge in [0.25, 0.3) is 0 Å². The number of fused-ring (bicyclic) bond motifs is 2. The number of rotatable bonds is 0. The quantitative estimate of drug-likeness (QED) is 0.800. The van der Waals surface area contributed by atoms with Gasteiger partial charge in [-0.25, -0.2) is 0 Å². The molecule has 0 atom stereocenters. The fraction of sp³-hybridized carbons (Fsp3) is 0.368. The van der Waals surface area contributed by atoms with E-state index in [-0.39, 0.29) is 0 Å². The number of hydrogen-bond donors (Lipinski definition) is 1. The van der Waals surface area contributed by atoms with Crippen LogP contribution in [0.5, 0.6) is 5.75 Å². The van der Waals surface area contributed by atoms with Crippen LogP contribution in [0.2, 0.25) is 0 Å². The number of benzene rings is 2. The Morgan fingerprint density at radius 3 is 2.48 bits per heavy atom. The van der Waals surface area contributed by atoms with Crippen LogP contribution < -0.4 is 0 Å². The van der Waals surface area contributed by atoms with Crippen LogP contribution in [0.4, 0.5) is 0 Å². The molecule has 2 aromatic carbocycles. The van der Waals surface area contributed by atoms with E-state index in [2.05, 4.69) is 42.3 Å². The van der Waals surface area contributed by atoms with Crippen LogP contribution in [0, 0.1) is 0 Å². The highest BCUT2D eigenvalue weighted by Gasteiger charge is 2.11. The lowest BCUT2D eigenvalue weighted by Crippen LogP contribution is -2.22. The van der Waals surface area contributed by atoms with Crippen molar-refractivity contribution in [2.75, 3.05) is 20.1 Å². The van der Waals surface area contributed by atoms with Crippen LogP contribution in [-0.4, -0.2) is 30.1 Å². The number of phenolic OH excluding ortho intramolecular Hbond substituents is 1. The lowest BCUT2D eigenvalue weighted by molar-refractivity contribution is 0.333. The second-order valence-electron chi connectivity index (χ2n) is 6.06. The normalized spacial score (nSPS) is 16.6. The lowest BCUT2D eigenvalue weighted by Gasteiger charge is -2.16. The van der Waals surface area contributed by atoms with E-state index >= 15 is 0 Å². The first-order valence-electron chi connectivity index (χ1n) is 7.78. The number of hydrogen-bond acceptors (Lipinski definition) is 2. The molecule has 0 unspecified atom stereocenters. The molecule has 2 aromatic rings. The van der Waals surface area contributed by atoms with Gasteiger partial charge in [-0.1, -0.05) is 30.3 Å². The molecule has 0 spiro atoms. The van der Waals surface area contributed by atoms with Crippen LogP contribution in [0.1, 0.15) is 28.7 Å². The third-order valence-electron chi connectivity index (χ3n) is 4.44. The highest BCUT2D eigenvalue weighted by atomic mass is 16.3. The van der Waals surface area contributed by atoms with E-state index in [0.717, 1.165) is 32.4 Å². The Kier molecular flexibility index (Phi) is 4.26. The zero-order valence-electron chi connectivity index (χ0n) is 12.7. The van der Waals surface area contributed by atoms with E-state index in [4.69, 9.17) is 0 Å². The Balaban J connectivity index is 2.00.